The molecule has 1 amide bonds. The van der Waals surface area contributed by atoms with Gasteiger partial charge < -0.3 is 4.74 Å². The third kappa shape index (κ3) is 6.00. The molecule has 0 aliphatic carbocycles. The van der Waals surface area contributed by atoms with Crippen molar-refractivity contribution in [1.82, 2.24) is 5.43 Å². The molecule has 0 saturated carbocycles. The van der Waals surface area contributed by atoms with Gasteiger partial charge in [0, 0.05) is 0 Å². The van der Waals surface area contributed by atoms with E-state index < -0.39 is 22.5 Å². The van der Waals surface area contributed by atoms with E-state index in [9.17, 15) is 17.6 Å². The van der Waals surface area contributed by atoms with Crippen LogP contribution in [0.1, 0.15) is 18.1 Å². The zero-order valence-electron chi connectivity index (χ0n) is 18.7. The number of anilines is 1. The number of amides is 1. The van der Waals surface area contributed by atoms with E-state index in [1.807, 2.05) is 6.92 Å². The number of hydrogen-bond acceptors (Lipinski definition) is 5. The van der Waals surface area contributed by atoms with Gasteiger partial charge in [0.25, 0.3) is 15.9 Å². The molecule has 0 saturated heterocycles. The SMILES string of the molecule is COc1ccc(S(=O)(=O)N(CC(=O)N/N=C(/C)c2ccc(F)cc2)c2ccc(C)cc2)cc1Br. The average Bonchev–Trinajstić information content (AvgIpc) is 2.82. The van der Waals surface area contributed by atoms with E-state index in [1.54, 1.807) is 31.2 Å². The summed E-state index contributed by atoms with van der Waals surface area (Å²) in [6, 6.07) is 16.8. The highest BCUT2D eigenvalue weighted by molar-refractivity contribution is 9.10. The number of aryl methyl sites for hydroxylation is 1. The molecule has 0 bridgehead atoms. The quantitative estimate of drug-likeness (QED) is 0.328. The summed E-state index contributed by atoms with van der Waals surface area (Å²) in [6.07, 6.45) is 0. The Balaban J connectivity index is 1.89. The van der Waals surface area contributed by atoms with E-state index in [0.29, 0.717) is 27.2 Å². The largest absolute Gasteiger partial charge is 0.496 e. The lowest BCUT2D eigenvalue weighted by Crippen LogP contribution is -2.39. The van der Waals surface area contributed by atoms with E-state index in [-0.39, 0.29) is 10.7 Å². The van der Waals surface area contributed by atoms with E-state index in [4.69, 9.17) is 4.74 Å². The second-order valence-electron chi connectivity index (χ2n) is 7.38. The zero-order valence-corrected chi connectivity index (χ0v) is 21.2. The van der Waals surface area contributed by atoms with Gasteiger partial charge in [-0.25, -0.2) is 18.2 Å². The lowest BCUT2D eigenvalue weighted by Gasteiger charge is -2.24. The highest BCUT2D eigenvalue weighted by atomic mass is 79.9. The van der Waals surface area contributed by atoms with Gasteiger partial charge in [0.1, 0.15) is 18.1 Å². The number of hydrazone groups is 1. The first kappa shape index (κ1) is 25.4. The van der Waals surface area contributed by atoms with E-state index in [2.05, 4.69) is 26.5 Å². The Kier molecular flexibility index (Phi) is 8.06. The summed E-state index contributed by atoms with van der Waals surface area (Å²) in [4.78, 5) is 12.7. The third-order valence-corrected chi connectivity index (χ3v) is 7.32. The summed E-state index contributed by atoms with van der Waals surface area (Å²) in [7, 11) is -2.63. The Morgan fingerprint density at radius 2 is 1.74 bits per heavy atom. The molecule has 7 nitrogen and oxygen atoms in total. The topological polar surface area (TPSA) is 88.1 Å². The van der Waals surface area contributed by atoms with Crippen LogP contribution in [-0.2, 0) is 14.8 Å². The number of nitrogens with one attached hydrogen (secondary N) is 1. The Morgan fingerprint density at radius 1 is 1.09 bits per heavy atom. The summed E-state index contributed by atoms with van der Waals surface area (Å²) in [5.74, 6) is -0.549. The summed E-state index contributed by atoms with van der Waals surface area (Å²) in [6.45, 7) is 3.02. The van der Waals surface area contributed by atoms with Crippen LogP contribution < -0.4 is 14.5 Å². The molecule has 3 aromatic carbocycles. The fourth-order valence-electron chi connectivity index (χ4n) is 3.03. The highest BCUT2D eigenvalue weighted by Crippen LogP contribution is 2.30. The van der Waals surface area contributed by atoms with Gasteiger partial charge in [-0.3, -0.25) is 9.10 Å². The number of nitrogens with zero attached hydrogens (tertiary/aromatic N) is 2. The molecular formula is C24H23BrFN3O4S. The first-order chi connectivity index (χ1) is 16.1. The maximum Gasteiger partial charge on any atom is 0.264 e. The number of carbonyl (C=O) groups excluding carboxylic acids is 1. The highest BCUT2D eigenvalue weighted by Gasteiger charge is 2.28. The Labute approximate surface area is 206 Å². The van der Waals surface area contributed by atoms with Crippen molar-refractivity contribution in [2.75, 3.05) is 18.0 Å². The van der Waals surface area contributed by atoms with Crippen molar-refractivity contribution in [1.29, 1.82) is 0 Å². The zero-order chi connectivity index (χ0) is 24.9. The van der Waals surface area contributed by atoms with Crippen LogP contribution in [0.5, 0.6) is 5.75 Å². The van der Waals surface area contributed by atoms with Gasteiger partial charge >= 0.3 is 0 Å². The lowest BCUT2D eigenvalue weighted by molar-refractivity contribution is -0.119. The third-order valence-electron chi connectivity index (χ3n) is 4.93. The number of benzene rings is 3. The molecule has 178 valence electrons. The van der Waals surface area contributed by atoms with Crippen molar-refractivity contribution in [2.45, 2.75) is 18.7 Å². The maximum absolute atomic E-state index is 13.5. The van der Waals surface area contributed by atoms with Crippen molar-refractivity contribution >= 4 is 43.3 Å². The second kappa shape index (κ2) is 10.8. The van der Waals surface area contributed by atoms with Crippen LogP contribution in [0.15, 0.2) is 81.2 Å². The minimum atomic E-state index is -4.11. The molecule has 0 radical (unpaired) electrons. The van der Waals surface area contributed by atoms with Crippen molar-refractivity contribution in [2.24, 2.45) is 5.10 Å². The fraction of sp³-hybridized carbons (Fsp3) is 0.167. The van der Waals surface area contributed by atoms with Crippen LogP contribution in [0.3, 0.4) is 0 Å². The molecule has 0 spiro atoms. The molecule has 0 atom stereocenters. The summed E-state index contributed by atoms with van der Waals surface area (Å²) < 4.78 is 46.8. The van der Waals surface area contributed by atoms with Gasteiger partial charge in [0.2, 0.25) is 0 Å². The molecule has 3 rings (SSSR count). The molecular weight excluding hydrogens is 525 g/mol. The maximum atomic E-state index is 13.5. The summed E-state index contributed by atoms with van der Waals surface area (Å²) >= 11 is 3.30. The van der Waals surface area contributed by atoms with Crippen LogP contribution in [0.2, 0.25) is 0 Å². The number of rotatable bonds is 8. The predicted octanol–water partition coefficient (Wildman–Crippen LogP) is 4.64. The average molecular weight is 548 g/mol. The number of halogens is 2. The van der Waals surface area contributed by atoms with Gasteiger partial charge in [-0.15, -0.1) is 0 Å². The lowest BCUT2D eigenvalue weighted by atomic mass is 10.1. The minimum absolute atomic E-state index is 0.0143. The van der Waals surface area contributed by atoms with Gasteiger partial charge in [0.15, 0.2) is 0 Å². The second-order valence-corrected chi connectivity index (χ2v) is 10.1. The van der Waals surface area contributed by atoms with Crippen LogP contribution in [0, 0.1) is 12.7 Å². The molecule has 0 heterocycles. The van der Waals surface area contributed by atoms with Gasteiger partial charge in [-0.2, -0.15) is 5.10 Å². The van der Waals surface area contributed by atoms with E-state index in [0.717, 1.165) is 9.87 Å². The first-order valence-corrected chi connectivity index (χ1v) is 12.4. The van der Waals surface area contributed by atoms with Crippen molar-refractivity contribution in [3.63, 3.8) is 0 Å². The number of hydrogen-bond donors (Lipinski definition) is 1. The van der Waals surface area contributed by atoms with Crippen molar-refractivity contribution in [3.05, 3.63) is 88.1 Å². The number of methoxy groups -OCH3 is 1. The van der Waals surface area contributed by atoms with Crippen LogP contribution in [-0.4, -0.2) is 33.7 Å². The van der Waals surface area contributed by atoms with Crippen molar-refractivity contribution < 1.29 is 22.3 Å². The minimum Gasteiger partial charge on any atom is -0.496 e. The molecule has 1 N–H and O–H groups in total. The normalized spacial score (nSPS) is 11.7. The fourth-order valence-corrected chi connectivity index (χ4v) is 5.17. The summed E-state index contributed by atoms with van der Waals surface area (Å²) in [5.41, 5.74) is 4.71. The molecule has 0 unspecified atom stereocenters. The smallest absolute Gasteiger partial charge is 0.264 e. The van der Waals surface area contributed by atoms with E-state index in [1.165, 1.54) is 49.6 Å². The first-order valence-electron chi connectivity index (χ1n) is 10.1. The molecule has 0 aliphatic rings. The number of carbonyl (C=O) groups is 1. The van der Waals surface area contributed by atoms with E-state index >= 15 is 0 Å². The molecule has 34 heavy (non-hydrogen) atoms. The monoisotopic (exact) mass is 547 g/mol. The molecule has 0 aromatic heterocycles. The number of ether oxygens (including phenoxy) is 1. The Morgan fingerprint density at radius 3 is 2.32 bits per heavy atom. The van der Waals surface area contributed by atoms with Crippen LogP contribution in [0.25, 0.3) is 0 Å². The standard InChI is InChI=1S/C24H23BrFN3O4S/c1-16-4-10-20(11-5-16)29(34(31,32)21-12-13-23(33-3)22(25)14-21)15-24(30)28-27-17(2)18-6-8-19(26)9-7-18/h4-14H,15H2,1-3H3,(H,28,30)/b27-17-. The molecule has 0 fully saturated rings. The molecule has 10 heteroatoms. The van der Waals surface area contributed by atoms with Crippen molar-refractivity contribution in [3.8, 4) is 5.75 Å². The van der Waals surface area contributed by atoms with Gasteiger partial charge in [-0.05, 0) is 77.8 Å². The Bertz CT molecular complexity index is 1310. The van der Waals surface area contributed by atoms with Gasteiger partial charge in [-0.1, -0.05) is 29.8 Å². The van der Waals surface area contributed by atoms with Crippen LogP contribution >= 0.6 is 15.9 Å². The van der Waals surface area contributed by atoms with Crippen LogP contribution in [0.4, 0.5) is 10.1 Å². The summed E-state index contributed by atoms with van der Waals surface area (Å²) in [5, 5.41) is 4.03. The Hall–Kier alpha value is -3.24. The predicted molar refractivity (Wildman–Crippen MR) is 133 cm³/mol. The molecule has 3 aromatic rings. The van der Waals surface area contributed by atoms with Gasteiger partial charge in [0.05, 0.1) is 27.9 Å². The molecule has 0 aliphatic heterocycles. The number of sulfonamides is 1.